The lowest BCUT2D eigenvalue weighted by Crippen LogP contribution is -2.38. The summed E-state index contributed by atoms with van der Waals surface area (Å²) in [5.74, 6) is 1.21. The van der Waals surface area contributed by atoms with Gasteiger partial charge < -0.3 is 14.5 Å². The van der Waals surface area contributed by atoms with Crippen molar-refractivity contribution in [3.05, 3.63) is 29.8 Å². The molecule has 1 amide bonds. The van der Waals surface area contributed by atoms with Gasteiger partial charge in [0.25, 0.3) is 0 Å². The molecule has 1 aliphatic heterocycles. The fraction of sp³-hybridized carbons (Fsp3) is 0.500. The predicted molar refractivity (Wildman–Crippen MR) is 103 cm³/mol. The third-order valence-corrected chi connectivity index (χ3v) is 5.26. The van der Waals surface area contributed by atoms with Crippen LogP contribution in [0.3, 0.4) is 0 Å². The lowest BCUT2D eigenvalue weighted by atomic mass is 10.1. The summed E-state index contributed by atoms with van der Waals surface area (Å²) in [6.07, 6.45) is 0.914. The number of morpholine rings is 1. The Morgan fingerprint density at radius 1 is 1.23 bits per heavy atom. The van der Waals surface area contributed by atoms with Crippen LogP contribution < -0.4 is 4.90 Å². The van der Waals surface area contributed by atoms with Gasteiger partial charge in [-0.05, 0) is 18.1 Å². The number of thioether (sulfide) groups is 1. The van der Waals surface area contributed by atoms with E-state index in [9.17, 15) is 4.79 Å². The Hall–Kier alpha value is -2.06. The molecule has 1 aliphatic rings. The monoisotopic (exact) mass is 375 g/mol. The van der Waals surface area contributed by atoms with Crippen LogP contribution in [0.4, 0.5) is 5.95 Å². The van der Waals surface area contributed by atoms with E-state index < -0.39 is 0 Å². The molecule has 1 fully saturated rings. The third kappa shape index (κ3) is 4.02. The number of ether oxygens (including phenoxy) is 1. The van der Waals surface area contributed by atoms with Crippen LogP contribution in [0, 0.1) is 0 Å². The fourth-order valence-corrected chi connectivity index (χ4v) is 3.74. The zero-order chi connectivity index (χ0) is 18.5. The van der Waals surface area contributed by atoms with Gasteiger partial charge in [0.2, 0.25) is 11.9 Å². The molecule has 0 bridgehead atoms. The van der Waals surface area contributed by atoms with Gasteiger partial charge in [-0.25, -0.2) is 0 Å². The molecular formula is C18H25N5O2S. The smallest absolute Gasteiger partial charge is 0.232 e. The highest BCUT2D eigenvalue weighted by atomic mass is 32.2. The van der Waals surface area contributed by atoms with Gasteiger partial charge >= 0.3 is 0 Å². The minimum Gasteiger partial charge on any atom is -0.378 e. The zero-order valence-electron chi connectivity index (χ0n) is 15.5. The summed E-state index contributed by atoms with van der Waals surface area (Å²) in [6.45, 7) is 5.08. The number of hydrogen-bond donors (Lipinski definition) is 0. The van der Waals surface area contributed by atoms with Crippen LogP contribution in [0.5, 0.6) is 0 Å². The van der Waals surface area contributed by atoms with Gasteiger partial charge in [-0.3, -0.25) is 9.36 Å². The van der Waals surface area contributed by atoms with E-state index in [4.69, 9.17) is 4.74 Å². The summed E-state index contributed by atoms with van der Waals surface area (Å²) in [5, 5.41) is 9.59. The maximum atomic E-state index is 12.0. The Bertz CT molecular complexity index is 756. The van der Waals surface area contributed by atoms with E-state index in [0.29, 0.717) is 19.0 Å². The average Bonchev–Trinajstić information content (AvgIpc) is 3.10. The minimum absolute atomic E-state index is 0.0567. The van der Waals surface area contributed by atoms with E-state index in [2.05, 4.69) is 38.7 Å². The van der Waals surface area contributed by atoms with E-state index in [-0.39, 0.29) is 5.91 Å². The standard InChI is InChI=1S/C18H25N5O2S/c1-4-14-7-5-6-8-15(14)23-17(22-9-11-25-12-10-22)19-20-18(23)26-13-16(24)21(2)3/h5-8H,4,9-13H2,1-3H3. The van der Waals surface area contributed by atoms with E-state index >= 15 is 0 Å². The third-order valence-electron chi connectivity index (χ3n) is 4.35. The van der Waals surface area contributed by atoms with Crippen LogP contribution in [0.15, 0.2) is 29.4 Å². The molecule has 1 aromatic heterocycles. The van der Waals surface area contributed by atoms with Crippen LogP contribution in [0.2, 0.25) is 0 Å². The molecule has 0 N–H and O–H groups in total. The highest BCUT2D eigenvalue weighted by Gasteiger charge is 2.23. The molecule has 0 radical (unpaired) electrons. The molecular weight excluding hydrogens is 350 g/mol. The first-order valence-electron chi connectivity index (χ1n) is 8.81. The second-order valence-corrected chi connectivity index (χ2v) is 7.22. The second-order valence-electron chi connectivity index (χ2n) is 6.28. The maximum Gasteiger partial charge on any atom is 0.232 e. The quantitative estimate of drug-likeness (QED) is 0.718. The van der Waals surface area contributed by atoms with Gasteiger partial charge in [0.05, 0.1) is 24.7 Å². The molecule has 3 rings (SSSR count). The van der Waals surface area contributed by atoms with Crippen LogP contribution in [0.25, 0.3) is 5.69 Å². The average molecular weight is 375 g/mol. The van der Waals surface area contributed by atoms with Gasteiger partial charge in [0.15, 0.2) is 5.16 Å². The zero-order valence-corrected chi connectivity index (χ0v) is 16.3. The first-order chi connectivity index (χ1) is 12.6. The number of aromatic nitrogens is 3. The van der Waals surface area contributed by atoms with E-state index in [0.717, 1.165) is 36.3 Å². The highest BCUT2D eigenvalue weighted by Crippen LogP contribution is 2.29. The molecule has 1 saturated heterocycles. The Morgan fingerprint density at radius 3 is 2.65 bits per heavy atom. The van der Waals surface area contributed by atoms with Gasteiger partial charge in [0, 0.05) is 27.2 Å². The Kier molecular flexibility index (Phi) is 6.16. The molecule has 2 heterocycles. The molecule has 2 aromatic rings. The van der Waals surface area contributed by atoms with Crippen molar-refractivity contribution in [3.63, 3.8) is 0 Å². The number of nitrogens with zero attached hydrogens (tertiary/aromatic N) is 5. The second kappa shape index (κ2) is 8.55. The summed E-state index contributed by atoms with van der Waals surface area (Å²) >= 11 is 1.42. The largest absolute Gasteiger partial charge is 0.378 e. The summed E-state index contributed by atoms with van der Waals surface area (Å²) in [4.78, 5) is 15.8. The molecule has 0 unspecified atom stereocenters. The summed E-state index contributed by atoms with van der Waals surface area (Å²) < 4.78 is 7.55. The molecule has 26 heavy (non-hydrogen) atoms. The van der Waals surface area contributed by atoms with Crippen LogP contribution >= 0.6 is 11.8 Å². The highest BCUT2D eigenvalue weighted by molar-refractivity contribution is 7.99. The normalized spacial score (nSPS) is 14.5. The van der Waals surface area contributed by atoms with Crippen LogP contribution in [-0.2, 0) is 16.0 Å². The number of benzene rings is 1. The van der Waals surface area contributed by atoms with Crippen molar-refractivity contribution in [1.29, 1.82) is 0 Å². The molecule has 7 nitrogen and oxygen atoms in total. The number of hydrogen-bond acceptors (Lipinski definition) is 6. The summed E-state index contributed by atoms with van der Waals surface area (Å²) in [7, 11) is 3.53. The number of amides is 1. The topological polar surface area (TPSA) is 63.5 Å². The lowest BCUT2D eigenvalue weighted by Gasteiger charge is -2.28. The summed E-state index contributed by atoms with van der Waals surface area (Å²) in [6, 6.07) is 8.28. The number of carbonyl (C=O) groups excluding carboxylic acids is 1. The van der Waals surface area contributed by atoms with Crippen LogP contribution in [0.1, 0.15) is 12.5 Å². The molecule has 140 valence electrons. The number of rotatable bonds is 6. The van der Waals surface area contributed by atoms with Crippen molar-refractivity contribution in [2.75, 3.05) is 51.1 Å². The first kappa shape index (κ1) is 18.7. The molecule has 0 aliphatic carbocycles. The number of para-hydroxylation sites is 1. The Labute approximate surface area is 158 Å². The van der Waals surface area contributed by atoms with Crippen molar-refractivity contribution >= 4 is 23.6 Å². The SMILES string of the molecule is CCc1ccccc1-n1c(SCC(=O)N(C)C)nnc1N1CCOCC1. The van der Waals surface area contributed by atoms with E-state index in [1.165, 1.54) is 17.3 Å². The van der Waals surface area contributed by atoms with Gasteiger partial charge in [-0.15, -0.1) is 10.2 Å². The Balaban J connectivity index is 1.99. The number of anilines is 1. The minimum atomic E-state index is 0.0567. The van der Waals surface area contributed by atoms with Crippen molar-refractivity contribution in [2.45, 2.75) is 18.5 Å². The van der Waals surface area contributed by atoms with Crippen molar-refractivity contribution in [2.24, 2.45) is 0 Å². The van der Waals surface area contributed by atoms with Crippen molar-refractivity contribution in [1.82, 2.24) is 19.7 Å². The molecule has 0 spiro atoms. The molecule has 0 saturated carbocycles. The van der Waals surface area contributed by atoms with Gasteiger partial charge in [-0.1, -0.05) is 36.9 Å². The van der Waals surface area contributed by atoms with E-state index in [1.807, 2.05) is 12.1 Å². The fourth-order valence-electron chi connectivity index (χ4n) is 2.82. The summed E-state index contributed by atoms with van der Waals surface area (Å²) in [5.41, 5.74) is 2.30. The van der Waals surface area contributed by atoms with Gasteiger partial charge in [-0.2, -0.15) is 0 Å². The van der Waals surface area contributed by atoms with Gasteiger partial charge in [0.1, 0.15) is 0 Å². The predicted octanol–water partition coefficient (Wildman–Crippen LogP) is 1.85. The van der Waals surface area contributed by atoms with Crippen molar-refractivity contribution < 1.29 is 9.53 Å². The maximum absolute atomic E-state index is 12.0. The lowest BCUT2D eigenvalue weighted by molar-refractivity contribution is -0.125. The molecule has 1 aromatic carbocycles. The Morgan fingerprint density at radius 2 is 1.96 bits per heavy atom. The molecule has 0 atom stereocenters. The number of aryl methyl sites for hydroxylation is 1. The van der Waals surface area contributed by atoms with Crippen molar-refractivity contribution in [3.8, 4) is 5.69 Å². The van der Waals surface area contributed by atoms with Crippen LogP contribution in [-0.4, -0.2) is 71.7 Å². The number of carbonyl (C=O) groups is 1. The first-order valence-corrected chi connectivity index (χ1v) is 9.79. The molecule has 8 heteroatoms. The van der Waals surface area contributed by atoms with E-state index in [1.54, 1.807) is 19.0 Å².